The molecule has 0 bridgehead atoms. The molecule has 1 aliphatic rings. The number of piperidine rings is 1. The summed E-state index contributed by atoms with van der Waals surface area (Å²) in [6.07, 6.45) is 2.27. The van der Waals surface area contributed by atoms with Gasteiger partial charge in [0.05, 0.1) is 13.2 Å². The van der Waals surface area contributed by atoms with E-state index in [1.54, 1.807) is 13.8 Å². The van der Waals surface area contributed by atoms with Gasteiger partial charge in [-0.05, 0) is 33.1 Å². The quantitative estimate of drug-likeness (QED) is 0.770. The highest BCUT2D eigenvalue weighted by Crippen LogP contribution is 2.14. The molecule has 1 fully saturated rings. The first-order valence-electron chi connectivity index (χ1n) is 5.78. The van der Waals surface area contributed by atoms with Crippen molar-refractivity contribution in [3.63, 3.8) is 0 Å². The minimum Gasteiger partial charge on any atom is -0.465 e. The van der Waals surface area contributed by atoms with E-state index in [4.69, 9.17) is 9.47 Å². The van der Waals surface area contributed by atoms with Crippen LogP contribution in [0.2, 0.25) is 0 Å². The van der Waals surface area contributed by atoms with Gasteiger partial charge in [0, 0.05) is 0 Å². The van der Waals surface area contributed by atoms with E-state index < -0.39 is 0 Å². The van der Waals surface area contributed by atoms with Crippen molar-refractivity contribution >= 4 is 24.3 Å². The third-order valence-electron chi connectivity index (χ3n) is 2.53. The van der Waals surface area contributed by atoms with Gasteiger partial charge in [0.25, 0.3) is 0 Å². The van der Waals surface area contributed by atoms with Gasteiger partial charge < -0.3 is 9.47 Å². The van der Waals surface area contributed by atoms with Crippen LogP contribution in [0, 0.1) is 0 Å². The first kappa shape index (κ1) is 16.2. The van der Waals surface area contributed by atoms with E-state index in [1.165, 1.54) is 0 Å². The zero-order valence-corrected chi connectivity index (χ0v) is 11.0. The van der Waals surface area contributed by atoms with E-state index >= 15 is 0 Å². The molecule has 0 amide bonds. The zero-order chi connectivity index (χ0) is 12.0. The minimum absolute atomic E-state index is 0. The number of hydrogen-bond donors (Lipinski definition) is 1. The molecule has 0 spiro atoms. The van der Waals surface area contributed by atoms with Crippen LogP contribution < -0.4 is 5.32 Å². The van der Waals surface area contributed by atoms with Crippen molar-refractivity contribution in [3.05, 3.63) is 0 Å². The number of hydrogen-bond acceptors (Lipinski definition) is 5. The molecule has 2 atom stereocenters. The number of rotatable bonds is 4. The van der Waals surface area contributed by atoms with Crippen LogP contribution in [0.5, 0.6) is 0 Å². The lowest BCUT2D eigenvalue weighted by atomic mass is 9.99. The van der Waals surface area contributed by atoms with Crippen molar-refractivity contribution in [2.45, 2.75) is 45.2 Å². The Labute approximate surface area is 108 Å². The smallest absolute Gasteiger partial charge is 0.323 e. The molecule has 2 unspecified atom stereocenters. The van der Waals surface area contributed by atoms with Crippen LogP contribution in [0.15, 0.2) is 0 Å². The standard InChI is InChI=1S/C11H19NO4.ClH/c1-3-15-10(13)8-6-5-7-9(12-8)11(14)16-4-2;/h8-9,12H,3-7H2,1-2H3;1H. The molecule has 0 saturated carbocycles. The second-order valence-corrected chi connectivity index (χ2v) is 3.71. The van der Waals surface area contributed by atoms with Gasteiger partial charge in [0.2, 0.25) is 0 Å². The van der Waals surface area contributed by atoms with E-state index in [1.807, 2.05) is 0 Å². The van der Waals surface area contributed by atoms with E-state index in [0.29, 0.717) is 13.2 Å². The molecule has 1 aliphatic heterocycles. The van der Waals surface area contributed by atoms with Gasteiger partial charge in [0.15, 0.2) is 0 Å². The summed E-state index contributed by atoms with van der Waals surface area (Å²) in [5.74, 6) is -0.562. The average molecular weight is 266 g/mol. The Kier molecular flexibility index (Phi) is 7.91. The van der Waals surface area contributed by atoms with Crippen LogP contribution in [-0.4, -0.2) is 37.2 Å². The fourth-order valence-electron chi connectivity index (χ4n) is 1.79. The first-order chi connectivity index (χ1) is 7.69. The Balaban J connectivity index is 0.00000256. The summed E-state index contributed by atoms with van der Waals surface area (Å²) in [5, 5.41) is 2.97. The predicted octanol–water partition coefficient (Wildman–Crippen LogP) is 1.05. The van der Waals surface area contributed by atoms with Crippen LogP contribution >= 0.6 is 12.4 Å². The molecule has 0 aromatic carbocycles. The molecule has 17 heavy (non-hydrogen) atoms. The number of carbonyl (C=O) groups is 2. The third kappa shape index (κ3) is 4.91. The maximum absolute atomic E-state index is 11.5. The zero-order valence-electron chi connectivity index (χ0n) is 10.2. The molecule has 6 heteroatoms. The van der Waals surface area contributed by atoms with Crippen molar-refractivity contribution < 1.29 is 19.1 Å². The summed E-state index contributed by atoms with van der Waals surface area (Å²) in [4.78, 5) is 23.0. The lowest BCUT2D eigenvalue weighted by Gasteiger charge is -2.27. The summed E-state index contributed by atoms with van der Waals surface area (Å²) in [7, 11) is 0. The monoisotopic (exact) mass is 265 g/mol. The van der Waals surface area contributed by atoms with Gasteiger partial charge >= 0.3 is 11.9 Å². The van der Waals surface area contributed by atoms with E-state index in [0.717, 1.165) is 19.3 Å². The minimum atomic E-state index is -0.372. The molecule has 0 aliphatic carbocycles. The van der Waals surface area contributed by atoms with Gasteiger partial charge in [-0.15, -0.1) is 12.4 Å². The number of nitrogens with one attached hydrogen (secondary N) is 1. The van der Waals surface area contributed by atoms with Crippen molar-refractivity contribution in [1.29, 1.82) is 0 Å². The highest BCUT2D eigenvalue weighted by atomic mass is 35.5. The highest BCUT2D eigenvalue weighted by molar-refractivity contribution is 5.85. The van der Waals surface area contributed by atoms with Crippen LogP contribution in [0.25, 0.3) is 0 Å². The molecule has 1 saturated heterocycles. The average Bonchev–Trinajstić information content (AvgIpc) is 2.30. The van der Waals surface area contributed by atoms with E-state index in [-0.39, 0.29) is 36.4 Å². The molecule has 1 rings (SSSR count). The molecule has 1 N–H and O–H groups in total. The number of carbonyl (C=O) groups excluding carboxylic acids is 2. The Bertz CT molecular complexity index is 236. The maximum atomic E-state index is 11.5. The topological polar surface area (TPSA) is 64.6 Å². The number of halogens is 1. The Morgan fingerprint density at radius 3 is 1.82 bits per heavy atom. The molecule has 0 radical (unpaired) electrons. The second kappa shape index (κ2) is 8.31. The van der Waals surface area contributed by atoms with Crippen molar-refractivity contribution in [3.8, 4) is 0 Å². The fourth-order valence-corrected chi connectivity index (χ4v) is 1.79. The molecule has 0 aromatic rings. The van der Waals surface area contributed by atoms with Crippen LogP contribution in [-0.2, 0) is 19.1 Å². The Morgan fingerprint density at radius 2 is 1.47 bits per heavy atom. The first-order valence-corrected chi connectivity index (χ1v) is 5.78. The van der Waals surface area contributed by atoms with Crippen molar-refractivity contribution in [1.82, 2.24) is 5.32 Å². The SMILES string of the molecule is CCOC(=O)C1CCCC(C(=O)OCC)N1.Cl. The van der Waals surface area contributed by atoms with Gasteiger partial charge in [-0.25, -0.2) is 0 Å². The lowest BCUT2D eigenvalue weighted by molar-refractivity contribution is -0.150. The second-order valence-electron chi connectivity index (χ2n) is 3.71. The Morgan fingerprint density at radius 1 is 1.06 bits per heavy atom. The molecular formula is C11H20ClNO4. The molecule has 1 heterocycles. The number of esters is 2. The van der Waals surface area contributed by atoms with Crippen LogP contribution in [0.4, 0.5) is 0 Å². The third-order valence-corrected chi connectivity index (χ3v) is 2.53. The summed E-state index contributed by atoms with van der Waals surface area (Å²) >= 11 is 0. The summed E-state index contributed by atoms with van der Waals surface area (Å²) in [5.41, 5.74) is 0. The van der Waals surface area contributed by atoms with Crippen LogP contribution in [0.1, 0.15) is 33.1 Å². The van der Waals surface area contributed by atoms with Crippen LogP contribution in [0.3, 0.4) is 0 Å². The normalized spacial score (nSPS) is 23.4. The van der Waals surface area contributed by atoms with Gasteiger partial charge in [-0.2, -0.15) is 0 Å². The van der Waals surface area contributed by atoms with Gasteiger partial charge in [-0.3, -0.25) is 14.9 Å². The molecule has 5 nitrogen and oxygen atoms in total. The van der Waals surface area contributed by atoms with E-state index in [2.05, 4.69) is 5.32 Å². The summed E-state index contributed by atoms with van der Waals surface area (Å²) in [6.45, 7) is 4.26. The van der Waals surface area contributed by atoms with Gasteiger partial charge in [0.1, 0.15) is 12.1 Å². The fraction of sp³-hybridized carbons (Fsp3) is 0.818. The number of ether oxygens (including phenoxy) is 2. The molecule has 0 aromatic heterocycles. The highest BCUT2D eigenvalue weighted by Gasteiger charge is 2.31. The molecular weight excluding hydrogens is 246 g/mol. The van der Waals surface area contributed by atoms with Crippen molar-refractivity contribution in [2.75, 3.05) is 13.2 Å². The summed E-state index contributed by atoms with van der Waals surface area (Å²) in [6, 6.07) is -0.744. The van der Waals surface area contributed by atoms with Gasteiger partial charge in [-0.1, -0.05) is 0 Å². The van der Waals surface area contributed by atoms with E-state index in [9.17, 15) is 9.59 Å². The maximum Gasteiger partial charge on any atom is 0.323 e. The summed E-state index contributed by atoms with van der Waals surface area (Å²) < 4.78 is 9.83. The molecule has 100 valence electrons. The largest absolute Gasteiger partial charge is 0.465 e. The Hall–Kier alpha value is -0.810. The lowest BCUT2D eigenvalue weighted by Crippen LogP contribution is -2.51. The van der Waals surface area contributed by atoms with Crippen molar-refractivity contribution in [2.24, 2.45) is 0 Å². The predicted molar refractivity (Wildman–Crippen MR) is 65.1 cm³/mol.